The van der Waals surface area contributed by atoms with Crippen molar-refractivity contribution >= 4 is 15.9 Å². The van der Waals surface area contributed by atoms with Crippen molar-refractivity contribution in [1.29, 1.82) is 0 Å². The fourth-order valence-corrected chi connectivity index (χ4v) is 2.55. The molecule has 0 aromatic heterocycles. The summed E-state index contributed by atoms with van der Waals surface area (Å²) in [6.45, 7) is 11.2. The van der Waals surface area contributed by atoms with Gasteiger partial charge in [-0.25, -0.2) is 0 Å². The highest BCUT2D eigenvalue weighted by atomic mass is 79.9. The largest absolute Gasteiger partial charge is 0.312 e. The first-order valence-corrected chi connectivity index (χ1v) is 8.19. The first-order chi connectivity index (χ1) is 8.94. The molecule has 1 aromatic rings. The molecule has 0 aliphatic carbocycles. The molecule has 0 radical (unpaired) electrons. The van der Waals surface area contributed by atoms with Gasteiger partial charge in [0.25, 0.3) is 0 Å². The van der Waals surface area contributed by atoms with E-state index in [9.17, 15) is 0 Å². The molecular formula is C17H28BrN. The Morgan fingerprint density at radius 3 is 2.58 bits per heavy atom. The number of hydrogen-bond acceptors (Lipinski definition) is 1. The van der Waals surface area contributed by atoms with Crippen molar-refractivity contribution < 1.29 is 0 Å². The molecular weight excluding hydrogens is 298 g/mol. The second kappa shape index (κ2) is 8.06. The van der Waals surface area contributed by atoms with E-state index in [1.807, 2.05) is 0 Å². The highest BCUT2D eigenvalue weighted by molar-refractivity contribution is 9.10. The van der Waals surface area contributed by atoms with Crippen LogP contribution in [0.15, 0.2) is 22.7 Å². The van der Waals surface area contributed by atoms with Crippen LogP contribution in [-0.2, 0) is 6.54 Å². The maximum Gasteiger partial charge on any atom is 0.0205 e. The third kappa shape index (κ3) is 6.58. The lowest BCUT2D eigenvalue weighted by atomic mass is 9.87. The van der Waals surface area contributed by atoms with Crippen LogP contribution in [0.2, 0.25) is 0 Å². The van der Waals surface area contributed by atoms with Crippen LogP contribution in [-0.4, -0.2) is 6.54 Å². The first kappa shape index (κ1) is 16.7. The molecule has 1 nitrogen and oxygen atoms in total. The number of halogens is 1. The average Bonchev–Trinajstić information content (AvgIpc) is 2.34. The van der Waals surface area contributed by atoms with Gasteiger partial charge in [0.15, 0.2) is 0 Å². The van der Waals surface area contributed by atoms with E-state index in [4.69, 9.17) is 0 Å². The van der Waals surface area contributed by atoms with Gasteiger partial charge >= 0.3 is 0 Å². The molecule has 108 valence electrons. The summed E-state index contributed by atoms with van der Waals surface area (Å²) in [5.74, 6) is 0. The minimum atomic E-state index is 0.402. The fourth-order valence-electron chi connectivity index (χ4n) is 2.30. The minimum Gasteiger partial charge on any atom is -0.312 e. The van der Waals surface area contributed by atoms with Gasteiger partial charge in [0, 0.05) is 17.6 Å². The van der Waals surface area contributed by atoms with Crippen molar-refractivity contribution in [2.75, 3.05) is 6.54 Å². The van der Waals surface area contributed by atoms with Gasteiger partial charge in [0.05, 0.1) is 0 Å². The predicted molar refractivity (Wildman–Crippen MR) is 88.5 cm³/mol. The van der Waals surface area contributed by atoms with Crippen molar-refractivity contribution in [1.82, 2.24) is 5.32 Å². The normalized spacial score (nSPS) is 11.8. The topological polar surface area (TPSA) is 12.0 Å². The van der Waals surface area contributed by atoms with Crippen LogP contribution in [0.3, 0.4) is 0 Å². The summed E-state index contributed by atoms with van der Waals surface area (Å²) in [4.78, 5) is 0. The second-order valence-corrected chi connectivity index (χ2v) is 7.16. The third-order valence-electron chi connectivity index (χ3n) is 3.61. The quantitative estimate of drug-likeness (QED) is 0.626. The molecule has 2 heteroatoms. The van der Waals surface area contributed by atoms with E-state index >= 15 is 0 Å². The van der Waals surface area contributed by atoms with Crippen LogP contribution in [0.25, 0.3) is 0 Å². The second-order valence-electron chi connectivity index (χ2n) is 6.31. The standard InChI is InChI=1S/C17H28BrN/c1-5-6-7-10-17(3,4)13-19-12-15-8-9-16(18)14(2)11-15/h8-9,11,19H,5-7,10,12-13H2,1-4H3. The molecule has 0 saturated carbocycles. The average molecular weight is 326 g/mol. The van der Waals surface area contributed by atoms with Gasteiger partial charge in [-0.1, -0.05) is 68.1 Å². The highest BCUT2D eigenvalue weighted by Crippen LogP contribution is 2.23. The van der Waals surface area contributed by atoms with Gasteiger partial charge < -0.3 is 5.32 Å². The van der Waals surface area contributed by atoms with E-state index in [1.165, 1.54) is 41.3 Å². The zero-order valence-corrected chi connectivity index (χ0v) is 14.4. The smallest absolute Gasteiger partial charge is 0.0205 e. The van der Waals surface area contributed by atoms with E-state index < -0.39 is 0 Å². The van der Waals surface area contributed by atoms with Crippen molar-refractivity contribution in [3.63, 3.8) is 0 Å². The lowest BCUT2D eigenvalue weighted by Gasteiger charge is -2.25. The number of aryl methyl sites for hydroxylation is 1. The molecule has 0 aliphatic heterocycles. The molecule has 1 N–H and O–H groups in total. The first-order valence-electron chi connectivity index (χ1n) is 7.40. The van der Waals surface area contributed by atoms with Crippen molar-refractivity contribution in [3.8, 4) is 0 Å². The lowest BCUT2D eigenvalue weighted by Crippen LogP contribution is -2.29. The Hall–Kier alpha value is -0.340. The van der Waals surface area contributed by atoms with E-state index in [1.54, 1.807) is 0 Å². The highest BCUT2D eigenvalue weighted by Gasteiger charge is 2.16. The van der Waals surface area contributed by atoms with Gasteiger partial charge in [0.1, 0.15) is 0 Å². The van der Waals surface area contributed by atoms with Gasteiger partial charge in [-0.2, -0.15) is 0 Å². The van der Waals surface area contributed by atoms with Gasteiger partial charge in [-0.15, -0.1) is 0 Å². The Morgan fingerprint density at radius 1 is 1.21 bits per heavy atom. The number of benzene rings is 1. The molecule has 1 rings (SSSR count). The monoisotopic (exact) mass is 325 g/mol. The Kier molecular flexibility index (Phi) is 7.09. The zero-order chi connectivity index (χ0) is 14.3. The summed E-state index contributed by atoms with van der Waals surface area (Å²) in [6.07, 6.45) is 5.33. The lowest BCUT2D eigenvalue weighted by molar-refractivity contribution is 0.302. The Balaban J connectivity index is 2.34. The Bertz CT molecular complexity index is 385. The molecule has 0 saturated heterocycles. The van der Waals surface area contributed by atoms with Crippen LogP contribution in [0, 0.1) is 12.3 Å². The third-order valence-corrected chi connectivity index (χ3v) is 4.50. The molecule has 0 spiro atoms. The summed E-state index contributed by atoms with van der Waals surface area (Å²) in [7, 11) is 0. The van der Waals surface area contributed by atoms with E-state index in [0.717, 1.165) is 13.1 Å². The van der Waals surface area contributed by atoms with E-state index in [0.29, 0.717) is 5.41 Å². The van der Waals surface area contributed by atoms with E-state index in [-0.39, 0.29) is 0 Å². The maximum atomic E-state index is 3.60. The molecule has 0 atom stereocenters. The fraction of sp³-hybridized carbons (Fsp3) is 0.647. The zero-order valence-electron chi connectivity index (χ0n) is 12.9. The predicted octanol–water partition coefficient (Wildman–Crippen LogP) is 5.45. The summed E-state index contributed by atoms with van der Waals surface area (Å²) in [5.41, 5.74) is 3.08. The molecule has 0 aliphatic rings. The van der Waals surface area contributed by atoms with Crippen LogP contribution in [0.1, 0.15) is 57.6 Å². The molecule has 0 heterocycles. The molecule has 0 fully saturated rings. The molecule has 19 heavy (non-hydrogen) atoms. The number of hydrogen-bond donors (Lipinski definition) is 1. The molecule has 1 aromatic carbocycles. The maximum absolute atomic E-state index is 3.60. The SMILES string of the molecule is CCCCCC(C)(C)CNCc1ccc(Br)c(C)c1. The van der Waals surface area contributed by atoms with Crippen LogP contribution in [0.5, 0.6) is 0 Å². The van der Waals surface area contributed by atoms with Crippen molar-refractivity contribution in [2.45, 2.75) is 59.9 Å². The number of unbranched alkanes of at least 4 members (excludes halogenated alkanes) is 2. The Labute approximate surface area is 127 Å². The van der Waals surface area contributed by atoms with Crippen LogP contribution in [0.4, 0.5) is 0 Å². The summed E-state index contributed by atoms with van der Waals surface area (Å²) >= 11 is 3.54. The summed E-state index contributed by atoms with van der Waals surface area (Å²) < 4.78 is 1.19. The van der Waals surface area contributed by atoms with Crippen molar-refractivity contribution in [3.05, 3.63) is 33.8 Å². The Morgan fingerprint density at radius 2 is 1.95 bits per heavy atom. The van der Waals surface area contributed by atoms with Gasteiger partial charge in [0.2, 0.25) is 0 Å². The molecule has 0 bridgehead atoms. The van der Waals surface area contributed by atoms with Gasteiger partial charge in [-0.05, 0) is 36.0 Å². The number of rotatable bonds is 8. The van der Waals surface area contributed by atoms with Crippen LogP contribution >= 0.6 is 15.9 Å². The minimum absolute atomic E-state index is 0.402. The molecule has 0 unspecified atom stereocenters. The van der Waals surface area contributed by atoms with Gasteiger partial charge in [-0.3, -0.25) is 0 Å². The summed E-state index contributed by atoms with van der Waals surface area (Å²) in [5, 5.41) is 3.60. The number of nitrogens with one attached hydrogen (secondary N) is 1. The van der Waals surface area contributed by atoms with Crippen molar-refractivity contribution in [2.24, 2.45) is 5.41 Å². The molecule has 0 amide bonds. The van der Waals surface area contributed by atoms with Crippen LogP contribution < -0.4 is 5.32 Å². The summed E-state index contributed by atoms with van der Waals surface area (Å²) in [6, 6.07) is 6.58. The van der Waals surface area contributed by atoms with E-state index in [2.05, 4.69) is 67.1 Å².